The number of imidazole rings is 1. The van der Waals surface area contributed by atoms with Crippen molar-refractivity contribution in [1.29, 1.82) is 0 Å². The predicted molar refractivity (Wildman–Crippen MR) is 76.0 cm³/mol. The summed E-state index contributed by atoms with van der Waals surface area (Å²) in [5.74, 6) is 0.869. The minimum Gasteiger partial charge on any atom is -0.369 e. The van der Waals surface area contributed by atoms with Crippen molar-refractivity contribution in [1.82, 2.24) is 14.6 Å². The molecule has 0 aliphatic carbocycles. The van der Waals surface area contributed by atoms with E-state index in [4.69, 9.17) is 0 Å². The summed E-state index contributed by atoms with van der Waals surface area (Å²) in [4.78, 5) is 4.38. The van der Waals surface area contributed by atoms with Gasteiger partial charge in [-0.2, -0.15) is 0 Å². The molecule has 95 valence electrons. The van der Waals surface area contributed by atoms with Crippen molar-refractivity contribution >= 4 is 11.5 Å². The average molecular weight is 251 g/mol. The molecular formula is C15H15N4. The maximum absolute atomic E-state index is 4.58. The number of anilines is 1. The number of fused-ring (bicyclic) bond motifs is 1. The average Bonchev–Trinajstić information content (AvgIpc) is 2.89. The van der Waals surface area contributed by atoms with Gasteiger partial charge in [0.25, 0.3) is 0 Å². The first kappa shape index (κ1) is 11.7. The van der Waals surface area contributed by atoms with Crippen molar-refractivity contribution in [3.63, 3.8) is 0 Å². The van der Waals surface area contributed by atoms with E-state index in [9.17, 15) is 0 Å². The number of hydrogen-bond donors (Lipinski definition) is 1. The monoisotopic (exact) mass is 251 g/mol. The summed E-state index contributed by atoms with van der Waals surface area (Å²) in [5, 5.41) is 7.87. The largest absolute Gasteiger partial charge is 0.369 e. The zero-order valence-corrected chi connectivity index (χ0v) is 10.8. The van der Waals surface area contributed by atoms with Gasteiger partial charge in [-0.15, -0.1) is 5.10 Å². The third-order valence-electron chi connectivity index (χ3n) is 2.92. The molecule has 0 atom stereocenters. The van der Waals surface area contributed by atoms with Gasteiger partial charge in [0.1, 0.15) is 5.82 Å². The van der Waals surface area contributed by atoms with E-state index in [1.807, 2.05) is 47.1 Å². The van der Waals surface area contributed by atoms with Crippen molar-refractivity contribution < 1.29 is 0 Å². The summed E-state index contributed by atoms with van der Waals surface area (Å²) in [6.45, 7) is 3.05. The molecule has 2 aromatic heterocycles. The first-order valence-corrected chi connectivity index (χ1v) is 6.43. The predicted octanol–water partition coefficient (Wildman–Crippen LogP) is 3.02. The highest BCUT2D eigenvalue weighted by molar-refractivity contribution is 5.63. The molecule has 3 rings (SSSR count). The lowest BCUT2D eigenvalue weighted by molar-refractivity contribution is 0.910. The summed E-state index contributed by atoms with van der Waals surface area (Å²) in [5.41, 5.74) is 2.89. The molecule has 0 spiro atoms. The Labute approximate surface area is 112 Å². The van der Waals surface area contributed by atoms with Crippen molar-refractivity contribution in [2.45, 2.75) is 13.3 Å². The molecule has 0 saturated heterocycles. The van der Waals surface area contributed by atoms with E-state index in [2.05, 4.69) is 28.4 Å². The third kappa shape index (κ3) is 2.29. The molecule has 0 saturated carbocycles. The molecule has 1 radical (unpaired) electrons. The van der Waals surface area contributed by atoms with Crippen LogP contribution in [0.5, 0.6) is 0 Å². The van der Waals surface area contributed by atoms with Gasteiger partial charge in [0.2, 0.25) is 0 Å². The summed E-state index contributed by atoms with van der Waals surface area (Å²) in [6, 6.07) is 14.8. The smallest absolute Gasteiger partial charge is 0.154 e. The standard InChI is InChI=1S/C15H15N4/c1-2-10-16-14-8-9-15-17-11-13(19(15)18-14)12-6-4-3-5-7-12/h3-4,6-9,11H,2,10H2,1H3,(H,16,18). The van der Waals surface area contributed by atoms with Gasteiger partial charge < -0.3 is 5.32 Å². The second-order valence-electron chi connectivity index (χ2n) is 4.35. The number of hydrogen-bond acceptors (Lipinski definition) is 3. The van der Waals surface area contributed by atoms with Crippen LogP contribution in [0.4, 0.5) is 5.82 Å². The van der Waals surface area contributed by atoms with Crippen molar-refractivity contribution in [2.75, 3.05) is 11.9 Å². The van der Waals surface area contributed by atoms with Crippen LogP contribution in [0.1, 0.15) is 13.3 Å². The quantitative estimate of drug-likeness (QED) is 0.775. The van der Waals surface area contributed by atoms with Gasteiger partial charge in [0.05, 0.1) is 11.9 Å². The van der Waals surface area contributed by atoms with Gasteiger partial charge in [0, 0.05) is 12.1 Å². The second-order valence-corrected chi connectivity index (χ2v) is 4.35. The number of aromatic nitrogens is 3. The van der Waals surface area contributed by atoms with Gasteiger partial charge in [0.15, 0.2) is 5.65 Å². The van der Waals surface area contributed by atoms with Gasteiger partial charge in [-0.1, -0.05) is 25.1 Å². The van der Waals surface area contributed by atoms with Gasteiger partial charge >= 0.3 is 0 Å². The van der Waals surface area contributed by atoms with Crippen LogP contribution in [0.3, 0.4) is 0 Å². The summed E-state index contributed by atoms with van der Waals surface area (Å²) in [6.07, 6.45) is 2.92. The maximum atomic E-state index is 4.58. The Balaban J connectivity index is 2.05. The lowest BCUT2D eigenvalue weighted by Gasteiger charge is -2.05. The fourth-order valence-corrected chi connectivity index (χ4v) is 1.97. The van der Waals surface area contributed by atoms with Crippen LogP contribution in [0.2, 0.25) is 0 Å². The van der Waals surface area contributed by atoms with Crippen LogP contribution in [0.25, 0.3) is 16.9 Å². The van der Waals surface area contributed by atoms with Gasteiger partial charge in [-0.3, -0.25) is 0 Å². The van der Waals surface area contributed by atoms with Crippen LogP contribution >= 0.6 is 0 Å². The molecular weight excluding hydrogens is 236 g/mol. The van der Waals surface area contributed by atoms with E-state index >= 15 is 0 Å². The first-order chi connectivity index (χ1) is 9.38. The van der Waals surface area contributed by atoms with E-state index in [-0.39, 0.29) is 0 Å². The Morgan fingerprint density at radius 3 is 3.05 bits per heavy atom. The molecule has 0 aliphatic rings. The Morgan fingerprint density at radius 1 is 1.32 bits per heavy atom. The highest BCUT2D eigenvalue weighted by atomic mass is 15.3. The molecule has 2 heterocycles. The van der Waals surface area contributed by atoms with Gasteiger partial charge in [-0.05, 0) is 30.7 Å². The number of benzene rings is 1. The van der Waals surface area contributed by atoms with Crippen LogP contribution < -0.4 is 5.32 Å². The SMILES string of the molecule is CCCNc1ccc2ncc(-c3c[c]ccc3)n2n1. The lowest BCUT2D eigenvalue weighted by Crippen LogP contribution is -2.05. The fourth-order valence-electron chi connectivity index (χ4n) is 1.97. The zero-order chi connectivity index (χ0) is 13.1. The number of nitrogens with one attached hydrogen (secondary N) is 1. The second kappa shape index (κ2) is 5.10. The molecule has 0 bridgehead atoms. The summed E-state index contributed by atoms with van der Waals surface area (Å²) in [7, 11) is 0. The van der Waals surface area contributed by atoms with E-state index in [1.165, 1.54) is 0 Å². The lowest BCUT2D eigenvalue weighted by atomic mass is 10.2. The third-order valence-corrected chi connectivity index (χ3v) is 2.92. The van der Waals surface area contributed by atoms with E-state index < -0.39 is 0 Å². The minimum absolute atomic E-state index is 0.848. The molecule has 1 N–H and O–H groups in total. The van der Waals surface area contributed by atoms with E-state index in [0.717, 1.165) is 35.7 Å². The highest BCUT2D eigenvalue weighted by Crippen LogP contribution is 2.20. The molecule has 0 amide bonds. The topological polar surface area (TPSA) is 42.2 Å². The number of rotatable bonds is 4. The molecule has 19 heavy (non-hydrogen) atoms. The molecule has 0 fully saturated rings. The van der Waals surface area contributed by atoms with Crippen LogP contribution in [-0.4, -0.2) is 21.1 Å². The Morgan fingerprint density at radius 2 is 2.26 bits per heavy atom. The highest BCUT2D eigenvalue weighted by Gasteiger charge is 2.07. The molecule has 1 aromatic carbocycles. The Bertz CT molecular complexity index is 673. The van der Waals surface area contributed by atoms with Crippen molar-refractivity contribution in [2.24, 2.45) is 0 Å². The van der Waals surface area contributed by atoms with E-state index in [0.29, 0.717) is 0 Å². The van der Waals surface area contributed by atoms with Gasteiger partial charge in [-0.25, -0.2) is 9.50 Å². The molecule has 3 aromatic rings. The minimum atomic E-state index is 0.848. The maximum Gasteiger partial charge on any atom is 0.154 e. The summed E-state index contributed by atoms with van der Waals surface area (Å²) >= 11 is 0. The van der Waals surface area contributed by atoms with Crippen LogP contribution in [0, 0.1) is 6.07 Å². The molecule has 4 heteroatoms. The summed E-state index contributed by atoms with van der Waals surface area (Å²) < 4.78 is 1.86. The van der Waals surface area contributed by atoms with E-state index in [1.54, 1.807) is 0 Å². The fraction of sp³-hybridized carbons (Fsp3) is 0.200. The molecule has 4 nitrogen and oxygen atoms in total. The number of nitrogens with zero attached hydrogens (tertiary/aromatic N) is 3. The van der Waals surface area contributed by atoms with Crippen LogP contribution in [-0.2, 0) is 0 Å². The Kier molecular flexibility index (Phi) is 3.14. The first-order valence-electron chi connectivity index (χ1n) is 6.43. The van der Waals surface area contributed by atoms with Crippen molar-refractivity contribution in [3.8, 4) is 11.3 Å². The normalized spacial score (nSPS) is 10.8. The molecule has 0 unspecified atom stereocenters. The Hall–Kier alpha value is -2.36. The molecule has 0 aliphatic heterocycles. The van der Waals surface area contributed by atoms with Crippen LogP contribution in [0.15, 0.2) is 42.6 Å². The zero-order valence-electron chi connectivity index (χ0n) is 10.8. The van der Waals surface area contributed by atoms with Crippen molar-refractivity contribution in [3.05, 3.63) is 48.7 Å².